The van der Waals surface area contributed by atoms with E-state index in [1.54, 1.807) is 19.1 Å². The molecule has 1 aromatic carbocycles. The maximum absolute atomic E-state index is 13.0. The third-order valence-electron chi connectivity index (χ3n) is 2.80. The molecule has 0 saturated heterocycles. The zero-order valence-corrected chi connectivity index (χ0v) is 9.52. The van der Waals surface area contributed by atoms with Gasteiger partial charge in [-0.15, -0.1) is 23.2 Å². The van der Waals surface area contributed by atoms with E-state index in [1.807, 2.05) is 0 Å². The Morgan fingerprint density at radius 1 is 1.47 bits per heavy atom. The Morgan fingerprint density at radius 2 is 2.13 bits per heavy atom. The number of carbonyl (C=O) groups is 1. The summed E-state index contributed by atoms with van der Waals surface area (Å²) in [5.74, 6) is -0.861. The topological polar surface area (TPSA) is 17.1 Å². The zero-order valence-electron chi connectivity index (χ0n) is 8.01. The molecule has 1 aliphatic carbocycles. The molecule has 1 aromatic rings. The van der Waals surface area contributed by atoms with Gasteiger partial charge in [0.05, 0.1) is 5.92 Å². The van der Waals surface area contributed by atoms with Crippen molar-refractivity contribution in [3.8, 4) is 0 Å². The van der Waals surface area contributed by atoms with E-state index < -0.39 is 4.33 Å². The van der Waals surface area contributed by atoms with Crippen LogP contribution in [0, 0.1) is 18.7 Å². The highest BCUT2D eigenvalue weighted by molar-refractivity contribution is 6.53. The molecule has 15 heavy (non-hydrogen) atoms. The lowest BCUT2D eigenvalue weighted by atomic mass is 10.1. The first-order chi connectivity index (χ1) is 6.98. The van der Waals surface area contributed by atoms with Gasteiger partial charge in [-0.2, -0.15) is 0 Å². The predicted octanol–water partition coefficient (Wildman–Crippen LogP) is 3.22. The van der Waals surface area contributed by atoms with Crippen LogP contribution in [0.5, 0.6) is 0 Å². The minimum Gasteiger partial charge on any atom is -0.303 e. The van der Waals surface area contributed by atoms with Crippen LogP contribution in [0.2, 0.25) is 0 Å². The summed E-state index contributed by atoms with van der Waals surface area (Å²) in [7, 11) is 0. The summed E-state index contributed by atoms with van der Waals surface area (Å²) in [6.45, 7) is 1.67. The van der Waals surface area contributed by atoms with Gasteiger partial charge in [0.2, 0.25) is 0 Å². The minimum atomic E-state index is -1.02. The number of carbonyl (C=O) groups excluding carboxylic acids is 1. The van der Waals surface area contributed by atoms with Crippen molar-refractivity contribution >= 4 is 29.5 Å². The van der Waals surface area contributed by atoms with Crippen LogP contribution < -0.4 is 0 Å². The van der Waals surface area contributed by atoms with Crippen molar-refractivity contribution in [1.29, 1.82) is 0 Å². The van der Waals surface area contributed by atoms with E-state index >= 15 is 0 Å². The molecule has 0 radical (unpaired) electrons. The third kappa shape index (κ3) is 1.66. The monoisotopic (exact) mass is 246 g/mol. The second-order valence-electron chi connectivity index (χ2n) is 3.82. The molecular weight excluding hydrogens is 238 g/mol. The van der Waals surface area contributed by atoms with Crippen molar-refractivity contribution in [2.24, 2.45) is 5.92 Å². The van der Waals surface area contributed by atoms with Gasteiger partial charge in [-0.1, -0.05) is 12.1 Å². The van der Waals surface area contributed by atoms with Crippen molar-refractivity contribution in [2.75, 3.05) is 0 Å². The average molecular weight is 247 g/mol. The summed E-state index contributed by atoms with van der Waals surface area (Å²) in [6, 6.07) is 4.67. The highest BCUT2D eigenvalue weighted by Crippen LogP contribution is 2.63. The molecule has 0 amide bonds. The zero-order chi connectivity index (χ0) is 11.2. The Hall–Kier alpha value is -0.600. The van der Waals surface area contributed by atoms with Gasteiger partial charge >= 0.3 is 0 Å². The molecule has 0 bridgehead atoms. The molecule has 0 unspecified atom stereocenters. The SMILES string of the molecule is Cc1cc([C@@H]2[C@@H](C=O)C2(Cl)Cl)ccc1F. The van der Waals surface area contributed by atoms with Crippen LogP contribution in [0.25, 0.3) is 0 Å². The average Bonchev–Trinajstić information content (AvgIpc) is 2.73. The van der Waals surface area contributed by atoms with Crippen LogP contribution >= 0.6 is 23.2 Å². The fourth-order valence-corrected chi connectivity index (χ4v) is 2.56. The van der Waals surface area contributed by atoms with Crippen molar-refractivity contribution < 1.29 is 9.18 Å². The smallest absolute Gasteiger partial charge is 0.136 e. The molecule has 0 N–H and O–H groups in total. The summed E-state index contributed by atoms with van der Waals surface area (Å²) in [5, 5.41) is 0. The maximum atomic E-state index is 13.0. The molecule has 80 valence electrons. The van der Waals surface area contributed by atoms with Crippen LogP contribution in [0.15, 0.2) is 18.2 Å². The van der Waals surface area contributed by atoms with Crippen LogP contribution in [0.1, 0.15) is 17.0 Å². The van der Waals surface area contributed by atoms with E-state index in [2.05, 4.69) is 0 Å². The number of aryl methyl sites for hydroxylation is 1. The number of alkyl halides is 2. The Morgan fingerprint density at radius 3 is 2.60 bits per heavy atom. The van der Waals surface area contributed by atoms with Gasteiger partial charge in [-0.05, 0) is 24.1 Å². The molecular formula is C11H9Cl2FO. The van der Waals surface area contributed by atoms with Crippen LogP contribution in [0.3, 0.4) is 0 Å². The van der Waals surface area contributed by atoms with E-state index in [0.29, 0.717) is 5.56 Å². The quantitative estimate of drug-likeness (QED) is 0.579. The van der Waals surface area contributed by atoms with E-state index in [1.165, 1.54) is 6.07 Å². The second kappa shape index (κ2) is 3.46. The third-order valence-corrected chi connectivity index (χ3v) is 3.77. The van der Waals surface area contributed by atoms with Crippen LogP contribution in [-0.2, 0) is 4.79 Å². The first-order valence-electron chi connectivity index (χ1n) is 4.57. The molecule has 0 heterocycles. The number of hydrogen-bond acceptors (Lipinski definition) is 1. The largest absolute Gasteiger partial charge is 0.303 e. The Bertz CT molecular complexity index is 417. The summed E-state index contributed by atoms with van der Waals surface area (Å²) in [5.41, 5.74) is 1.35. The molecule has 2 atom stereocenters. The Balaban J connectivity index is 2.33. The first-order valence-corrected chi connectivity index (χ1v) is 5.33. The van der Waals surface area contributed by atoms with Gasteiger partial charge < -0.3 is 4.79 Å². The molecule has 1 aliphatic rings. The highest BCUT2D eigenvalue weighted by Gasteiger charge is 2.63. The van der Waals surface area contributed by atoms with E-state index in [-0.39, 0.29) is 17.7 Å². The summed E-state index contributed by atoms with van der Waals surface area (Å²) < 4.78 is 12.0. The first kappa shape index (κ1) is 10.9. The molecule has 0 aromatic heterocycles. The van der Waals surface area contributed by atoms with E-state index in [0.717, 1.165) is 11.8 Å². The fourth-order valence-electron chi connectivity index (χ4n) is 1.81. The lowest BCUT2D eigenvalue weighted by Gasteiger charge is -2.02. The number of hydrogen-bond donors (Lipinski definition) is 0. The van der Waals surface area contributed by atoms with E-state index in [9.17, 15) is 9.18 Å². The van der Waals surface area contributed by atoms with Crippen molar-refractivity contribution in [2.45, 2.75) is 17.2 Å². The fraction of sp³-hybridized carbons (Fsp3) is 0.364. The van der Waals surface area contributed by atoms with Gasteiger partial charge in [-0.3, -0.25) is 0 Å². The predicted molar refractivity (Wildman–Crippen MR) is 57.9 cm³/mol. The molecule has 4 heteroatoms. The van der Waals surface area contributed by atoms with Crippen molar-refractivity contribution in [1.82, 2.24) is 0 Å². The number of halogens is 3. The van der Waals surface area contributed by atoms with Gasteiger partial charge in [0.15, 0.2) is 0 Å². The number of aldehydes is 1. The van der Waals surface area contributed by atoms with Crippen LogP contribution in [-0.4, -0.2) is 10.6 Å². The highest BCUT2D eigenvalue weighted by atomic mass is 35.5. The van der Waals surface area contributed by atoms with Crippen molar-refractivity contribution in [3.63, 3.8) is 0 Å². The second-order valence-corrected chi connectivity index (χ2v) is 5.27. The van der Waals surface area contributed by atoms with Gasteiger partial charge in [0.1, 0.15) is 16.4 Å². The van der Waals surface area contributed by atoms with Crippen LogP contribution in [0.4, 0.5) is 4.39 Å². The molecule has 1 nitrogen and oxygen atoms in total. The lowest BCUT2D eigenvalue weighted by molar-refractivity contribution is -0.108. The molecule has 2 rings (SSSR count). The number of rotatable bonds is 2. The normalized spacial score (nSPS) is 27.5. The van der Waals surface area contributed by atoms with Gasteiger partial charge in [-0.25, -0.2) is 4.39 Å². The molecule has 0 spiro atoms. The van der Waals surface area contributed by atoms with Crippen molar-refractivity contribution in [3.05, 3.63) is 35.1 Å². The molecule has 1 saturated carbocycles. The standard InChI is InChI=1S/C11H9Cl2FO/c1-6-4-7(2-3-9(6)14)10-8(5-15)11(10,12)13/h2-5,8,10H,1H3/t8-,10-/m1/s1. The summed E-state index contributed by atoms with van der Waals surface area (Å²) in [6.07, 6.45) is 0.753. The summed E-state index contributed by atoms with van der Waals surface area (Å²) >= 11 is 11.9. The Labute approximate surface area is 97.2 Å². The molecule has 0 aliphatic heterocycles. The Kier molecular flexibility index (Phi) is 2.52. The lowest BCUT2D eigenvalue weighted by Crippen LogP contribution is -1.92. The van der Waals surface area contributed by atoms with E-state index in [4.69, 9.17) is 23.2 Å². The number of benzene rings is 1. The molecule has 1 fully saturated rings. The van der Waals surface area contributed by atoms with Gasteiger partial charge in [0, 0.05) is 5.92 Å². The maximum Gasteiger partial charge on any atom is 0.136 e. The summed E-state index contributed by atoms with van der Waals surface area (Å²) in [4.78, 5) is 10.7. The van der Waals surface area contributed by atoms with Gasteiger partial charge in [0.25, 0.3) is 0 Å². The minimum absolute atomic E-state index is 0.211.